The summed E-state index contributed by atoms with van der Waals surface area (Å²) in [6.07, 6.45) is 8.01. The molecule has 0 spiro atoms. The van der Waals surface area contributed by atoms with Gasteiger partial charge in [0, 0.05) is 11.8 Å². The number of imidazole rings is 1. The third kappa shape index (κ3) is 3.99. The van der Waals surface area contributed by atoms with E-state index in [1.54, 1.807) is 0 Å². The number of aryl methyl sites for hydroxylation is 1. The molecule has 0 amide bonds. The Balaban J connectivity index is 1.78. The molecule has 0 radical (unpaired) electrons. The highest BCUT2D eigenvalue weighted by molar-refractivity contribution is 7.99. The third-order valence-electron chi connectivity index (χ3n) is 4.78. The topological polar surface area (TPSA) is 31.9 Å². The molecule has 4 heteroatoms. The zero-order valence-corrected chi connectivity index (χ0v) is 15.2. The van der Waals surface area contributed by atoms with Crippen LogP contribution >= 0.6 is 11.8 Å². The maximum absolute atomic E-state index is 4.72. The predicted octanol–water partition coefficient (Wildman–Crippen LogP) is 4.66. The number of piperidine rings is 1. The van der Waals surface area contributed by atoms with Crippen molar-refractivity contribution in [2.75, 3.05) is 19.3 Å². The molecule has 1 aromatic carbocycles. The van der Waals surface area contributed by atoms with Crippen molar-refractivity contribution in [3.8, 4) is 11.3 Å². The molecular weight excluding hydrogens is 302 g/mol. The molecule has 124 valence electrons. The summed E-state index contributed by atoms with van der Waals surface area (Å²) in [6.45, 7) is 6.77. The molecule has 1 aromatic heterocycles. The summed E-state index contributed by atoms with van der Waals surface area (Å²) < 4.78 is 0. The summed E-state index contributed by atoms with van der Waals surface area (Å²) in [7, 11) is 0. The standard InChI is InChI=1S/C19H27N3S/c1-14-7-9-16(10-8-14)17-12-20-19(21-17)18-6-4-5-11-22(18)13-15(2)23-3/h7-10,12,15,18H,4-6,11,13H2,1-3H3,(H,20,21). The van der Waals surface area contributed by atoms with E-state index in [1.807, 2.05) is 18.0 Å². The van der Waals surface area contributed by atoms with Gasteiger partial charge in [0.25, 0.3) is 0 Å². The molecule has 1 saturated heterocycles. The minimum absolute atomic E-state index is 0.442. The number of H-pyrrole nitrogens is 1. The number of nitrogens with one attached hydrogen (secondary N) is 1. The Morgan fingerprint density at radius 3 is 2.83 bits per heavy atom. The number of nitrogens with zero attached hydrogens (tertiary/aromatic N) is 2. The smallest absolute Gasteiger partial charge is 0.123 e. The van der Waals surface area contributed by atoms with Crippen LogP contribution in [0.5, 0.6) is 0 Å². The molecule has 2 aromatic rings. The molecule has 2 atom stereocenters. The first kappa shape index (κ1) is 16.6. The summed E-state index contributed by atoms with van der Waals surface area (Å²) in [5, 5.41) is 0.669. The molecule has 0 aliphatic carbocycles. The van der Waals surface area contributed by atoms with Gasteiger partial charge in [-0.25, -0.2) is 4.98 Å². The van der Waals surface area contributed by atoms with Gasteiger partial charge in [0.05, 0.1) is 17.9 Å². The second-order valence-corrected chi connectivity index (χ2v) is 7.88. The minimum Gasteiger partial charge on any atom is -0.341 e. The first-order valence-corrected chi connectivity index (χ1v) is 9.85. The fourth-order valence-corrected chi connectivity index (χ4v) is 3.65. The number of benzene rings is 1. The fourth-order valence-electron chi connectivity index (χ4n) is 3.31. The number of rotatable bonds is 5. The highest BCUT2D eigenvalue weighted by Crippen LogP contribution is 2.31. The molecule has 3 nitrogen and oxygen atoms in total. The minimum atomic E-state index is 0.442. The summed E-state index contributed by atoms with van der Waals surface area (Å²) in [6, 6.07) is 9.09. The van der Waals surface area contributed by atoms with Gasteiger partial charge in [0.1, 0.15) is 5.82 Å². The van der Waals surface area contributed by atoms with E-state index in [2.05, 4.69) is 54.3 Å². The lowest BCUT2D eigenvalue weighted by Gasteiger charge is -2.35. The van der Waals surface area contributed by atoms with Gasteiger partial charge in [0.15, 0.2) is 0 Å². The van der Waals surface area contributed by atoms with Gasteiger partial charge < -0.3 is 4.98 Å². The van der Waals surface area contributed by atoms with Crippen LogP contribution < -0.4 is 0 Å². The van der Waals surface area contributed by atoms with Crippen molar-refractivity contribution < 1.29 is 0 Å². The van der Waals surface area contributed by atoms with E-state index in [0.717, 1.165) is 18.1 Å². The van der Waals surface area contributed by atoms with Crippen LogP contribution in [0.4, 0.5) is 0 Å². The van der Waals surface area contributed by atoms with Crippen molar-refractivity contribution in [3.05, 3.63) is 41.9 Å². The summed E-state index contributed by atoms with van der Waals surface area (Å²) in [5.41, 5.74) is 3.63. The normalized spacial score (nSPS) is 20.6. The Kier molecular flexibility index (Phi) is 5.44. The second kappa shape index (κ2) is 7.54. The van der Waals surface area contributed by atoms with E-state index in [0.29, 0.717) is 11.3 Å². The Labute approximate surface area is 143 Å². The quantitative estimate of drug-likeness (QED) is 0.865. The van der Waals surface area contributed by atoms with Crippen molar-refractivity contribution in [2.45, 2.75) is 44.4 Å². The third-order valence-corrected chi connectivity index (χ3v) is 5.74. The van der Waals surface area contributed by atoms with Crippen LogP contribution in [0.25, 0.3) is 11.3 Å². The van der Waals surface area contributed by atoms with Gasteiger partial charge in [-0.15, -0.1) is 0 Å². The molecule has 1 fully saturated rings. The molecule has 1 aliphatic heterocycles. The van der Waals surface area contributed by atoms with Gasteiger partial charge in [-0.05, 0) is 38.1 Å². The molecule has 0 saturated carbocycles. The lowest BCUT2D eigenvalue weighted by atomic mass is 10.0. The lowest BCUT2D eigenvalue weighted by Crippen LogP contribution is -2.37. The van der Waals surface area contributed by atoms with E-state index in [9.17, 15) is 0 Å². The van der Waals surface area contributed by atoms with E-state index >= 15 is 0 Å². The fraction of sp³-hybridized carbons (Fsp3) is 0.526. The Morgan fingerprint density at radius 2 is 2.09 bits per heavy atom. The van der Waals surface area contributed by atoms with Crippen molar-refractivity contribution in [2.24, 2.45) is 0 Å². The van der Waals surface area contributed by atoms with Gasteiger partial charge in [0.2, 0.25) is 0 Å². The van der Waals surface area contributed by atoms with Crippen LogP contribution in [-0.2, 0) is 0 Å². The largest absolute Gasteiger partial charge is 0.341 e. The summed E-state index contributed by atoms with van der Waals surface area (Å²) in [4.78, 5) is 10.9. The van der Waals surface area contributed by atoms with Crippen LogP contribution in [0.2, 0.25) is 0 Å². The monoisotopic (exact) mass is 329 g/mol. The van der Waals surface area contributed by atoms with Crippen molar-refractivity contribution >= 4 is 11.8 Å². The van der Waals surface area contributed by atoms with E-state index in [1.165, 1.54) is 36.9 Å². The van der Waals surface area contributed by atoms with Crippen LogP contribution in [0, 0.1) is 6.92 Å². The van der Waals surface area contributed by atoms with Gasteiger partial charge >= 0.3 is 0 Å². The van der Waals surface area contributed by atoms with Crippen molar-refractivity contribution in [1.82, 2.24) is 14.9 Å². The highest BCUT2D eigenvalue weighted by atomic mass is 32.2. The molecule has 2 unspecified atom stereocenters. The maximum atomic E-state index is 4.72. The first-order chi connectivity index (χ1) is 11.2. The number of likely N-dealkylation sites (tertiary alicyclic amines) is 1. The lowest BCUT2D eigenvalue weighted by molar-refractivity contribution is 0.145. The Bertz CT molecular complexity index is 620. The molecule has 0 bridgehead atoms. The number of hydrogen-bond acceptors (Lipinski definition) is 3. The average molecular weight is 330 g/mol. The summed E-state index contributed by atoms with van der Waals surface area (Å²) >= 11 is 1.95. The predicted molar refractivity (Wildman–Crippen MR) is 99.9 cm³/mol. The maximum Gasteiger partial charge on any atom is 0.123 e. The summed E-state index contributed by atoms with van der Waals surface area (Å²) in [5.74, 6) is 1.13. The first-order valence-electron chi connectivity index (χ1n) is 8.56. The van der Waals surface area contributed by atoms with Gasteiger partial charge in [-0.3, -0.25) is 4.90 Å². The van der Waals surface area contributed by atoms with Crippen LogP contribution in [0.3, 0.4) is 0 Å². The van der Waals surface area contributed by atoms with Gasteiger partial charge in [-0.1, -0.05) is 43.2 Å². The van der Waals surface area contributed by atoms with E-state index in [-0.39, 0.29) is 0 Å². The zero-order valence-electron chi connectivity index (χ0n) is 14.4. The van der Waals surface area contributed by atoms with Crippen LogP contribution in [0.1, 0.15) is 43.6 Å². The van der Waals surface area contributed by atoms with Crippen molar-refractivity contribution in [1.29, 1.82) is 0 Å². The van der Waals surface area contributed by atoms with E-state index < -0.39 is 0 Å². The molecule has 1 N–H and O–H groups in total. The SMILES string of the molecule is CSC(C)CN1CCCCC1c1ncc(-c2ccc(C)cc2)[nH]1. The molecule has 23 heavy (non-hydrogen) atoms. The Morgan fingerprint density at radius 1 is 1.30 bits per heavy atom. The number of aromatic nitrogens is 2. The second-order valence-electron chi connectivity index (χ2n) is 6.60. The number of thioether (sulfide) groups is 1. The van der Waals surface area contributed by atoms with Gasteiger partial charge in [-0.2, -0.15) is 11.8 Å². The highest BCUT2D eigenvalue weighted by Gasteiger charge is 2.27. The van der Waals surface area contributed by atoms with Crippen molar-refractivity contribution in [3.63, 3.8) is 0 Å². The molecule has 1 aliphatic rings. The number of aromatic amines is 1. The zero-order chi connectivity index (χ0) is 16.2. The molecule has 3 rings (SSSR count). The Hall–Kier alpha value is -1.26. The van der Waals surface area contributed by atoms with E-state index in [4.69, 9.17) is 4.98 Å². The molecule has 2 heterocycles. The molecular formula is C19H27N3S. The number of hydrogen-bond donors (Lipinski definition) is 1. The van der Waals surface area contributed by atoms with Crippen LogP contribution in [-0.4, -0.2) is 39.5 Å². The average Bonchev–Trinajstić information content (AvgIpc) is 3.05. The van der Waals surface area contributed by atoms with Crippen LogP contribution in [0.15, 0.2) is 30.5 Å².